The van der Waals surface area contributed by atoms with Crippen LogP contribution in [0.5, 0.6) is 17.2 Å². The summed E-state index contributed by atoms with van der Waals surface area (Å²) in [6, 6.07) is 9.45. The van der Waals surface area contributed by atoms with Crippen LogP contribution in [-0.4, -0.2) is 73.4 Å². The van der Waals surface area contributed by atoms with Crippen molar-refractivity contribution in [3.05, 3.63) is 53.2 Å². The number of hydrogen-bond acceptors (Lipinski definition) is 7. The number of benzene rings is 2. The van der Waals surface area contributed by atoms with Gasteiger partial charge in [-0.3, -0.25) is 9.78 Å². The number of likely N-dealkylation sites (N-methyl/N-ethyl adjacent to an activating group) is 1. The number of amides is 3. The molecular weight excluding hydrogens is 498 g/mol. The number of fused-ring (bicyclic) bond motifs is 1. The lowest BCUT2D eigenvalue weighted by atomic mass is 10.1. The Labute approximate surface area is 220 Å². The molecule has 0 fully saturated rings. The van der Waals surface area contributed by atoms with Crippen molar-refractivity contribution >= 4 is 40.1 Å². The van der Waals surface area contributed by atoms with Crippen LogP contribution in [0, 0.1) is 0 Å². The first-order valence-corrected chi connectivity index (χ1v) is 12.3. The van der Waals surface area contributed by atoms with E-state index in [4.69, 9.17) is 21.1 Å². The number of hydrogen-bond donors (Lipinski definition) is 4. The number of urea groups is 1. The summed E-state index contributed by atoms with van der Waals surface area (Å²) in [6.07, 6.45) is 0.862. The highest BCUT2D eigenvalue weighted by molar-refractivity contribution is 6.33. The van der Waals surface area contributed by atoms with E-state index in [-0.39, 0.29) is 18.1 Å². The van der Waals surface area contributed by atoms with E-state index in [1.54, 1.807) is 42.6 Å². The molecule has 0 aliphatic carbocycles. The topological polar surface area (TPSA) is 125 Å². The fourth-order valence-corrected chi connectivity index (χ4v) is 3.88. The van der Waals surface area contributed by atoms with Gasteiger partial charge in [0, 0.05) is 44.4 Å². The minimum atomic E-state index is -0.721. The molecule has 1 atom stereocenters. The van der Waals surface area contributed by atoms with Crippen molar-refractivity contribution < 1.29 is 24.2 Å². The fraction of sp³-hybridized carbons (Fsp3) is 0.346. The molecule has 0 aliphatic rings. The third-order valence-corrected chi connectivity index (χ3v) is 6.03. The van der Waals surface area contributed by atoms with Crippen molar-refractivity contribution in [2.75, 3.05) is 45.7 Å². The van der Waals surface area contributed by atoms with E-state index in [0.717, 1.165) is 13.1 Å². The highest BCUT2D eigenvalue weighted by atomic mass is 35.5. The minimum absolute atomic E-state index is 0.0249. The molecule has 11 heteroatoms. The lowest BCUT2D eigenvalue weighted by molar-refractivity contribution is 0.0706. The van der Waals surface area contributed by atoms with Gasteiger partial charge in [0.2, 0.25) is 0 Å². The zero-order chi connectivity index (χ0) is 26.9. The Morgan fingerprint density at radius 1 is 1.08 bits per heavy atom. The minimum Gasteiger partial charge on any atom is -0.490 e. The number of anilines is 1. The third kappa shape index (κ3) is 7.22. The van der Waals surface area contributed by atoms with Gasteiger partial charge in [-0.25, -0.2) is 4.79 Å². The first-order chi connectivity index (χ1) is 17.8. The number of aliphatic hydroxyl groups is 1. The maximum Gasteiger partial charge on any atom is 0.319 e. The molecule has 1 aromatic heterocycles. The molecule has 3 amide bonds. The maximum atomic E-state index is 12.7. The Morgan fingerprint density at radius 2 is 1.84 bits per heavy atom. The molecule has 0 saturated heterocycles. The predicted molar refractivity (Wildman–Crippen MR) is 144 cm³/mol. The predicted octanol–water partition coefficient (Wildman–Crippen LogP) is 3.87. The summed E-state index contributed by atoms with van der Waals surface area (Å²) in [7, 11) is 3.04. The van der Waals surface area contributed by atoms with Gasteiger partial charge in [-0.15, -0.1) is 0 Å². The van der Waals surface area contributed by atoms with E-state index < -0.39 is 12.1 Å². The van der Waals surface area contributed by atoms with Crippen LogP contribution in [0.3, 0.4) is 0 Å². The molecule has 1 heterocycles. The largest absolute Gasteiger partial charge is 0.490 e. The van der Waals surface area contributed by atoms with Crippen molar-refractivity contribution in [1.82, 2.24) is 20.5 Å². The van der Waals surface area contributed by atoms with Crippen molar-refractivity contribution in [1.29, 1.82) is 0 Å². The normalized spacial score (nSPS) is 11.8. The van der Waals surface area contributed by atoms with Gasteiger partial charge < -0.3 is 35.4 Å². The highest BCUT2D eigenvalue weighted by Gasteiger charge is 2.18. The fourth-order valence-electron chi connectivity index (χ4n) is 3.66. The lowest BCUT2D eigenvalue weighted by Crippen LogP contribution is -2.35. The van der Waals surface area contributed by atoms with Gasteiger partial charge in [-0.2, -0.15) is 0 Å². The molecule has 0 spiro atoms. The van der Waals surface area contributed by atoms with Crippen LogP contribution >= 0.6 is 11.6 Å². The van der Waals surface area contributed by atoms with Crippen LogP contribution in [0.2, 0.25) is 5.02 Å². The number of pyridine rings is 1. The van der Waals surface area contributed by atoms with Gasteiger partial charge in [0.25, 0.3) is 5.91 Å². The van der Waals surface area contributed by atoms with E-state index in [9.17, 15) is 14.7 Å². The van der Waals surface area contributed by atoms with Crippen LogP contribution in [-0.2, 0) is 0 Å². The monoisotopic (exact) mass is 529 g/mol. The van der Waals surface area contributed by atoms with E-state index >= 15 is 0 Å². The third-order valence-electron chi connectivity index (χ3n) is 5.71. The van der Waals surface area contributed by atoms with E-state index in [0.29, 0.717) is 45.4 Å². The summed E-state index contributed by atoms with van der Waals surface area (Å²) < 4.78 is 11.9. The Bertz CT molecular complexity index is 1250. The van der Waals surface area contributed by atoms with Crippen LogP contribution in [0.25, 0.3) is 10.9 Å². The summed E-state index contributed by atoms with van der Waals surface area (Å²) in [5, 5.41) is 19.0. The molecule has 0 bridgehead atoms. The summed E-state index contributed by atoms with van der Waals surface area (Å²) in [5.74, 6) is 0.841. The van der Waals surface area contributed by atoms with Crippen LogP contribution < -0.4 is 25.4 Å². The molecule has 0 radical (unpaired) electrons. The number of aromatic nitrogens is 1. The first kappa shape index (κ1) is 28.0. The summed E-state index contributed by atoms with van der Waals surface area (Å²) in [5.41, 5.74) is 1.26. The number of ether oxygens (including phenoxy) is 2. The Morgan fingerprint density at radius 3 is 2.49 bits per heavy atom. The second-order valence-corrected chi connectivity index (χ2v) is 8.56. The molecule has 0 saturated carbocycles. The Balaban J connectivity index is 1.89. The molecule has 4 N–H and O–H groups in total. The number of carbonyl (C=O) groups excluding carboxylic acids is 2. The average molecular weight is 530 g/mol. The molecule has 10 nitrogen and oxygen atoms in total. The molecule has 37 heavy (non-hydrogen) atoms. The SMILES string of the molecule is CCN(CC)CC(O)COc1cc2nccc(Oc3ccc(NC(=O)NC)c(Cl)c3)c2cc1C(=O)NC. The molecule has 1 unspecified atom stereocenters. The zero-order valence-electron chi connectivity index (χ0n) is 21.3. The first-order valence-electron chi connectivity index (χ1n) is 11.9. The second-order valence-electron chi connectivity index (χ2n) is 8.15. The van der Waals surface area contributed by atoms with E-state index in [2.05, 4.69) is 25.8 Å². The van der Waals surface area contributed by atoms with Gasteiger partial charge in [0.1, 0.15) is 30.0 Å². The average Bonchev–Trinajstić information content (AvgIpc) is 2.91. The van der Waals surface area contributed by atoms with Gasteiger partial charge in [-0.1, -0.05) is 25.4 Å². The number of nitrogens with zero attached hydrogens (tertiary/aromatic N) is 2. The van der Waals surface area contributed by atoms with Gasteiger partial charge in [0.15, 0.2) is 0 Å². The molecule has 2 aromatic carbocycles. The van der Waals surface area contributed by atoms with Crippen molar-refractivity contribution in [3.8, 4) is 17.2 Å². The molecular formula is C26H32ClN5O5. The zero-order valence-corrected chi connectivity index (χ0v) is 22.1. The van der Waals surface area contributed by atoms with Crippen molar-refractivity contribution in [3.63, 3.8) is 0 Å². The quantitative estimate of drug-likeness (QED) is 0.297. The Hall–Kier alpha value is -3.60. The van der Waals surface area contributed by atoms with E-state index in [1.807, 2.05) is 13.8 Å². The molecule has 0 aliphatic heterocycles. The number of halogens is 1. The molecule has 3 rings (SSSR count). The van der Waals surface area contributed by atoms with Crippen molar-refractivity contribution in [2.24, 2.45) is 0 Å². The van der Waals surface area contributed by atoms with Gasteiger partial charge in [-0.05, 0) is 37.4 Å². The lowest BCUT2D eigenvalue weighted by Gasteiger charge is -2.22. The summed E-state index contributed by atoms with van der Waals surface area (Å²) in [4.78, 5) is 30.7. The number of rotatable bonds is 11. The Kier molecular flexibility index (Phi) is 9.90. The van der Waals surface area contributed by atoms with Crippen LogP contribution in [0.4, 0.5) is 10.5 Å². The van der Waals surface area contributed by atoms with Crippen LogP contribution in [0.15, 0.2) is 42.6 Å². The summed E-state index contributed by atoms with van der Waals surface area (Å²) in [6.45, 7) is 6.18. The van der Waals surface area contributed by atoms with Crippen LogP contribution in [0.1, 0.15) is 24.2 Å². The van der Waals surface area contributed by atoms with Gasteiger partial charge in [0.05, 0.1) is 21.8 Å². The second kappa shape index (κ2) is 13.1. The summed E-state index contributed by atoms with van der Waals surface area (Å²) >= 11 is 6.30. The number of nitrogens with one attached hydrogen (secondary N) is 3. The van der Waals surface area contributed by atoms with Crippen molar-refractivity contribution in [2.45, 2.75) is 20.0 Å². The van der Waals surface area contributed by atoms with E-state index in [1.165, 1.54) is 14.1 Å². The number of aliphatic hydroxyl groups excluding tert-OH is 1. The smallest absolute Gasteiger partial charge is 0.319 e. The van der Waals surface area contributed by atoms with Gasteiger partial charge >= 0.3 is 6.03 Å². The maximum absolute atomic E-state index is 12.7. The molecule has 198 valence electrons. The highest BCUT2D eigenvalue weighted by Crippen LogP contribution is 2.35. The standard InChI is InChI=1S/C26H32ClN5O5/c1-5-32(6-2)14-16(33)15-36-24-13-22-18(12-19(24)25(34)28-3)23(9-10-30-22)37-17-7-8-21(20(27)11-17)31-26(35)29-4/h7-13,16,33H,5-6,14-15H2,1-4H3,(H,28,34)(H2,29,31,35). The number of carbonyl (C=O) groups is 2. The molecule has 3 aromatic rings.